The Labute approximate surface area is 208 Å². The number of oxime groups is 1. The first-order valence-electron chi connectivity index (χ1n) is 10.8. The molecule has 184 valence electrons. The van der Waals surface area contributed by atoms with E-state index in [9.17, 15) is 14.6 Å². The van der Waals surface area contributed by atoms with Crippen LogP contribution >= 0.6 is 19.2 Å². The van der Waals surface area contributed by atoms with Crippen LogP contribution in [0.4, 0.5) is 0 Å². The van der Waals surface area contributed by atoms with Gasteiger partial charge in [0.05, 0.1) is 18.8 Å². The van der Waals surface area contributed by atoms with E-state index in [-0.39, 0.29) is 30.1 Å². The van der Waals surface area contributed by atoms with Gasteiger partial charge in [-0.2, -0.15) is 0 Å². The Morgan fingerprint density at radius 1 is 0.943 bits per heavy atom. The Morgan fingerprint density at radius 2 is 1.60 bits per heavy atom. The van der Waals surface area contributed by atoms with E-state index in [1.54, 1.807) is 74.5 Å². The maximum absolute atomic E-state index is 13.5. The van der Waals surface area contributed by atoms with Gasteiger partial charge in [0.2, 0.25) is 5.78 Å². The third-order valence-corrected chi connectivity index (χ3v) is 6.92. The first-order valence-corrected chi connectivity index (χ1v) is 12.7. The van der Waals surface area contributed by atoms with Crippen LogP contribution in [0.5, 0.6) is 17.2 Å². The molecule has 0 saturated carbocycles. The number of para-hydroxylation sites is 1. The number of carbonyl (C=O) groups excluding carboxylic acids is 1. The lowest BCUT2D eigenvalue weighted by molar-refractivity contribution is 0.0919. The van der Waals surface area contributed by atoms with Crippen LogP contribution in [0.2, 0.25) is 5.02 Å². The summed E-state index contributed by atoms with van der Waals surface area (Å²) in [4.78, 5) is 13.5. The summed E-state index contributed by atoms with van der Waals surface area (Å²) in [6, 6.07) is 20.1. The van der Waals surface area contributed by atoms with E-state index in [4.69, 9.17) is 30.1 Å². The molecule has 0 amide bonds. The molecule has 0 fully saturated rings. The SMILES string of the molecule is CCOP(=O)(OCC)C(=NO)c1cccc(Oc2ccccc2)c1C(=O)COc1cccc(Cl)c1. The molecule has 0 aromatic heterocycles. The Morgan fingerprint density at radius 3 is 2.23 bits per heavy atom. The number of ether oxygens (including phenoxy) is 2. The highest BCUT2D eigenvalue weighted by molar-refractivity contribution is 7.73. The Bertz CT molecular complexity index is 1220. The molecule has 0 saturated heterocycles. The van der Waals surface area contributed by atoms with Crippen molar-refractivity contribution in [3.05, 3.63) is 88.9 Å². The molecule has 10 heteroatoms. The fourth-order valence-corrected chi connectivity index (χ4v) is 5.01. The van der Waals surface area contributed by atoms with Gasteiger partial charge in [-0.3, -0.25) is 9.36 Å². The van der Waals surface area contributed by atoms with Gasteiger partial charge >= 0.3 is 7.60 Å². The summed E-state index contributed by atoms with van der Waals surface area (Å²) >= 11 is 6.00. The highest BCUT2D eigenvalue weighted by atomic mass is 35.5. The minimum Gasteiger partial charge on any atom is -0.485 e. The van der Waals surface area contributed by atoms with Crippen molar-refractivity contribution in [1.29, 1.82) is 0 Å². The standard InChI is InChI=1S/C25H25ClNO7P/c1-3-32-35(30,33-4-2)25(27-29)21-14-9-15-23(34-19-11-6-5-7-12-19)24(21)22(28)17-31-20-13-8-10-18(26)16-20/h5-16,29H,3-4,17H2,1-2H3. The number of nitrogens with zero attached hydrogens (tertiary/aromatic N) is 1. The molecule has 1 N–H and O–H groups in total. The molecular weight excluding hydrogens is 493 g/mol. The fourth-order valence-electron chi connectivity index (χ4n) is 3.24. The zero-order valence-electron chi connectivity index (χ0n) is 19.2. The van der Waals surface area contributed by atoms with Crippen molar-refractivity contribution in [2.45, 2.75) is 13.8 Å². The highest BCUT2D eigenvalue weighted by Crippen LogP contribution is 2.52. The van der Waals surface area contributed by atoms with Crippen LogP contribution in [0.3, 0.4) is 0 Å². The lowest BCUT2D eigenvalue weighted by atomic mass is 10.0. The molecule has 3 rings (SSSR count). The molecule has 0 unspecified atom stereocenters. The second kappa shape index (κ2) is 12.5. The van der Waals surface area contributed by atoms with Crippen molar-refractivity contribution < 1.29 is 33.1 Å². The van der Waals surface area contributed by atoms with Gasteiger partial charge in [-0.25, -0.2) is 0 Å². The van der Waals surface area contributed by atoms with Crippen molar-refractivity contribution in [2.75, 3.05) is 19.8 Å². The average Bonchev–Trinajstić information content (AvgIpc) is 2.84. The molecule has 0 atom stereocenters. The molecule has 0 aliphatic rings. The predicted molar refractivity (Wildman–Crippen MR) is 133 cm³/mol. The summed E-state index contributed by atoms with van der Waals surface area (Å²) in [7, 11) is -4.07. The Kier molecular flexibility index (Phi) is 9.46. The van der Waals surface area contributed by atoms with Crippen LogP contribution in [-0.4, -0.2) is 36.3 Å². The highest BCUT2D eigenvalue weighted by Gasteiger charge is 2.37. The van der Waals surface area contributed by atoms with Gasteiger partial charge in [-0.05, 0) is 50.2 Å². The smallest absolute Gasteiger partial charge is 0.383 e. The van der Waals surface area contributed by atoms with E-state index < -0.39 is 25.4 Å². The number of benzene rings is 3. The topological polar surface area (TPSA) is 104 Å². The van der Waals surface area contributed by atoms with Gasteiger partial charge < -0.3 is 23.7 Å². The van der Waals surface area contributed by atoms with E-state index >= 15 is 0 Å². The molecule has 8 nitrogen and oxygen atoms in total. The van der Waals surface area contributed by atoms with Crippen molar-refractivity contribution in [3.8, 4) is 17.2 Å². The summed E-state index contributed by atoms with van der Waals surface area (Å²) < 4.78 is 35.8. The summed E-state index contributed by atoms with van der Waals surface area (Å²) in [5, 5.41) is 13.5. The third kappa shape index (κ3) is 6.71. The second-order valence-corrected chi connectivity index (χ2v) is 9.39. The molecule has 0 radical (unpaired) electrons. The number of halogens is 1. The van der Waals surface area contributed by atoms with Crippen LogP contribution in [-0.2, 0) is 13.6 Å². The van der Waals surface area contributed by atoms with Crippen LogP contribution in [0.15, 0.2) is 78.0 Å². The third-order valence-electron chi connectivity index (χ3n) is 4.64. The zero-order chi connectivity index (χ0) is 25.3. The van der Waals surface area contributed by atoms with Crippen molar-refractivity contribution >= 4 is 30.4 Å². The fraction of sp³-hybridized carbons (Fsp3) is 0.200. The van der Waals surface area contributed by atoms with E-state index in [0.29, 0.717) is 16.5 Å². The predicted octanol–water partition coefficient (Wildman–Crippen LogP) is 6.80. The van der Waals surface area contributed by atoms with Crippen LogP contribution in [0.25, 0.3) is 0 Å². The van der Waals surface area contributed by atoms with E-state index in [0.717, 1.165) is 0 Å². The van der Waals surface area contributed by atoms with Crippen LogP contribution < -0.4 is 9.47 Å². The summed E-state index contributed by atoms with van der Waals surface area (Å²) in [5.41, 5.74) is -0.387. The molecule has 0 aliphatic carbocycles. The number of carbonyl (C=O) groups is 1. The van der Waals surface area contributed by atoms with Gasteiger partial charge in [0.15, 0.2) is 12.1 Å². The maximum Gasteiger partial charge on any atom is 0.383 e. The van der Waals surface area contributed by atoms with Gasteiger partial charge in [0.1, 0.15) is 17.2 Å². The minimum atomic E-state index is -4.07. The lowest BCUT2D eigenvalue weighted by Gasteiger charge is -2.21. The second-order valence-electron chi connectivity index (χ2n) is 7.02. The van der Waals surface area contributed by atoms with Crippen molar-refractivity contribution in [1.82, 2.24) is 0 Å². The molecule has 0 heterocycles. The number of ketones is 1. The molecule has 0 bridgehead atoms. The maximum atomic E-state index is 13.5. The number of hydrogen-bond donors (Lipinski definition) is 1. The quantitative estimate of drug-likeness (QED) is 0.0926. The Balaban J connectivity index is 2.08. The van der Waals surface area contributed by atoms with Crippen LogP contribution in [0.1, 0.15) is 29.8 Å². The van der Waals surface area contributed by atoms with Gasteiger partial charge in [-0.15, -0.1) is 0 Å². The number of rotatable bonds is 12. The number of Topliss-reactive ketones (excluding diaryl/α,β-unsaturated/α-hetero) is 1. The first-order chi connectivity index (χ1) is 16.9. The van der Waals surface area contributed by atoms with Crippen molar-refractivity contribution in [2.24, 2.45) is 5.16 Å². The van der Waals surface area contributed by atoms with E-state index in [1.807, 2.05) is 6.07 Å². The Hall–Kier alpha value is -3.16. The minimum absolute atomic E-state index is 0.00851. The summed E-state index contributed by atoms with van der Waals surface area (Å²) in [5.74, 6) is 0.482. The molecule has 0 aliphatic heterocycles. The molecular formula is C25H25ClNO7P. The van der Waals surface area contributed by atoms with Gasteiger partial charge in [0.25, 0.3) is 0 Å². The van der Waals surface area contributed by atoms with Crippen LogP contribution in [0, 0.1) is 0 Å². The van der Waals surface area contributed by atoms with Gasteiger partial charge in [-0.1, -0.05) is 53.2 Å². The van der Waals surface area contributed by atoms with Crippen molar-refractivity contribution in [3.63, 3.8) is 0 Å². The molecule has 3 aromatic carbocycles. The molecule has 35 heavy (non-hydrogen) atoms. The number of hydrogen-bond acceptors (Lipinski definition) is 8. The summed E-state index contributed by atoms with van der Waals surface area (Å²) in [6.07, 6.45) is 0. The average molecular weight is 518 g/mol. The molecule has 3 aromatic rings. The normalized spacial score (nSPS) is 11.8. The summed E-state index contributed by atoms with van der Waals surface area (Å²) in [6.45, 7) is 2.91. The van der Waals surface area contributed by atoms with E-state index in [1.165, 1.54) is 6.07 Å². The first kappa shape index (κ1) is 26.4. The largest absolute Gasteiger partial charge is 0.485 e. The zero-order valence-corrected chi connectivity index (χ0v) is 20.9. The lowest BCUT2D eigenvalue weighted by Crippen LogP contribution is -2.19. The monoisotopic (exact) mass is 517 g/mol. The molecule has 0 spiro atoms. The van der Waals surface area contributed by atoms with E-state index in [2.05, 4.69) is 5.16 Å². The van der Waals surface area contributed by atoms with Gasteiger partial charge in [0, 0.05) is 10.6 Å².